The van der Waals surface area contributed by atoms with Crippen LogP contribution in [-0.2, 0) is 0 Å². The van der Waals surface area contributed by atoms with Crippen molar-refractivity contribution in [1.82, 2.24) is 5.32 Å². The summed E-state index contributed by atoms with van der Waals surface area (Å²) in [6.07, 6.45) is 3.09. The fourth-order valence-electron chi connectivity index (χ4n) is 1.35. The smallest absolute Gasteiger partial charge is 0.251 e. The van der Waals surface area contributed by atoms with E-state index >= 15 is 0 Å². The molecule has 0 atom stereocenters. The van der Waals surface area contributed by atoms with Gasteiger partial charge in [0.2, 0.25) is 0 Å². The van der Waals surface area contributed by atoms with E-state index in [4.69, 9.17) is 5.73 Å². The lowest BCUT2D eigenvalue weighted by atomic mass is 10.2. The quantitative estimate of drug-likeness (QED) is 0.599. The van der Waals surface area contributed by atoms with Crippen LogP contribution in [0.15, 0.2) is 24.3 Å². The van der Waals surface area contributed by atoms with Gasteiger partial charge in [0, 0.05) is 15.7 Å². The molecular formula is C12H18ClIN2O. The monoisotopic (exact) mass is 368 g/mol. The van der Waals surface area contributed by atoms with Gasteiger partial charge in [0.1, 0.15) is 0 Å². The van der Waals surface area contributed by atoms with Crippen LogP contribution in [0.2, 0.25) is 0 Å². The van der Waals surface area contributed by atoms with E-state index in [0.29, 0.717) is 0 Å². The average molecular weight is 369 g/mol. The van der Waals surface area contributed by atoms with Crippen molar-refractivity contribution >= 4 is 40.9 Å². The summed E-state index contributed by atoms with van der Waals surface area (Å²) in [6, 6.07) is 7.56. The van der Waals surface area contributed by atoms with Gasteiger partial charge < -0.3 is 11.1 Å². The number of carbonyl (C=O) groups excluding carboxylic acids is 1. The number of hydrogen-bond donors (Lipinski definition) is 2. The molecule has 0 radical (unpaired) electrons. The van der Waals surface area contributed by atoms with Crippen molar-refractivity contribution in [3.8, 4) is 0 Å². The normalized spacial score (nSPS) is 9.53. The first-order valence-corrected chi connectivity index (χ1v) is 6.56. The van der Waals surface area contributed by atoms with Crippen molar-refractivity contribution in [2.45, 2.75) is 19.3 Å². The first-order chi connectivity index (χ1) is 7.74. The van der Waals surface area contributed by atoms with E-state index in [-0.39, 0.29) is 18.3 Å². The summed E-state index contributed by atoms with van der Waals surface area (Å²) in [5, 5.41) is 2.90. The highest BCUT2D eigenvalue weighted by atomic mass is 127. The number of carbonyl (C=O) groups is 1. The van der Waals surface area contributed by atoms with E-state index in [1.807, 2.05) is 24.3 Å². The Hall–Kier alpha value is -0.330. The molecule has 0 spiro atoms. The van der Waals surface area contributed by atoms with Crippen LogP contribution in [0, 0.1) is 3.57 Å². The molecule has 1 rings (SSSR count). The van der Waals surface area contributed by atoms with Crippen LogP contribution in [0.25, 0.3) is 0 Å². The molecule has 96 valence electrons. The third-order valence-electron chi connectivity index (χ3n) is 2.27. The molecule has 0 aliphatic heterocycles. The molecule has 3 N–H and O–H groups in total. The van der Waals surface area contributed by atoms with Gasteiger partial charge in [-0.2, -0.15) is 0 Å². The Balaban J connectivity index is 0.00000256. The largest absolute Gasteiger partial charge is 0.352 e. The summed E-state index contributed by atoms with van der Waals surface area (Å²) < 4.78 is 1.14. The van der Waals surface area contributed by atoms with Crippen LogP contribution in [0.4, 0.5) is 0 Å². The van der Waals surface area contributed by atoms with E-state index in [9.17, 15) is 4.79 Å². The summed E-state index contributed by atoms with van der Waals surface area (Å²) >= 11 is 2.22. The number of rotatable bonds is 6. The van der Waals surface area contributed by atoms with Gasteiger partial charge >= 0.3 is 0 Å². The van der Waals surface area contributed by atoms with Crippen LogP contribution < -0.4 is 11.1 Å². The number of hydrogen-bond acceptors (Lipinski definition) is 2. The standard InChI is InChI=1S/C12H17IN2O.ClH/c13-11-6-4-10(5-7-11)12(16)15-9-3-1-2-8-14;/h4-7H,1-3,8-9,14H2,(H,15,16);1H. The summed E-state index contributed by atoms with van der Waals surface area (Å²) in [7, 11) is 0. The maximum absolute atomic E-state index is 11.7. The van der Waals surface area contributed by atoms with Crippen molar-refractivity contribution in [2.24, 2.45) is 5.73 Å². The maximum Gasteiger partial charge on any atom is 0.251 e. The van der Waals surface area contributed by atoms with E-state index in [1.54, 1.807) is 0 Å². The van der Waals surface area contributed by atoms with Crippen molar-refractivity contribution in [1.29, 1.82) is 0 Å². The number of nitrogens with two attached hydrogens (primary N) is 1. The molecule has 0 aliphatic rings. The minimum absolute atomic E-state index is 0. The topological polar surface area (TPSA) is 55.1 Å². The minimum Gasteiger partial charge on any atom is -0.352 e. The second-order valence-corrected chi connectivity index (χ2v) is 4.86. The molecule has 5 heteroatoms. The molecule has 0 saturated heterocycles. The second-order valence-electron chi connectivity index (χ2n) is 3.61. The number of unbranched alkanes of at least 4 members (excludes halogenated alkanes) is 2. The molecular weight excluding hydrogens is 351 g/mol. The Bertz CT molecular complexity index is 330. The van der Waals surface area contributed by atoms with Crippen LogP contribution in [-0.4, -0.2) is 19.0 Å². The lowest BCUT2D eigenvalue weighted by Gasteiger charge is -2.04. The SMILES string of the molecule is Cl.NCCCCCNC(=O)c1ccc(I)cc1. The third kappa shape index (κ3) is 6.85. The fraction of sp³-hybridized carbons (Fsp3) is 0.417. The number of benzene rings is 1. The van der Waals surface area contributed by atoms with Gasteiger partial charge in [-0.1, -0.05) is 6.42 Å². The molecule has 1 aromatic rings. The van der Waals surface area contributed by atoms with Crippen LogP contribution in [0.5, 0.6) is 0 Å². The Morgan fingerprint density at radius 3 is 2.41 bits per heavy atom. The predicted octanol–water partition coefficient (Wildman–Crippen LogP) is 2.57. The summed E-state index contributed by atoms with van der Waals surface area (Å²) in [5.41, 5.74) is 6.11. The van der Waals surface area contributed by atoms with Gasteiger partial charge in [0.05, 0.1) is 0 Å². The first-order valence-electron chi connectivity index (χ1n) is 5.48. The van der Waals surface area contributed by atoms with E-state index in [0.717, 1.165) is 41.5 Å². The highest BCUT2D eigenvalue weighted by Crippen LogP contribution is 2.06. The fourth-order valence-corrected chi connectivity index (χ4v) is 1.71. The molecule has 17 heavy (non-hydrogen) atoms. The van der Waals surface area contributed by atoms with Crippen molar-refractivity contribution in [3.63, 3.8) is 0 Å². The van der Waals surface area contributed by atoms with Gasteiger partial charge in [0.15, 0.2) is 0 Å². The van der Waals surface area contributed by atoms with Gasteiger partial charge in [0.25, 0.3) is 5.91 Å². The molecule has 0 aromatic heterocycles. The first kappa shape index (κ1) is 16.7. The zero-order valence-electron chi connectivity index (χ0n) is 9.62. The second kappa shape index (κ2) is 9.67. The Morgan fingerprint density at radius 1 is 1.18 bits per heavy atom. The molecule has 0 saturated carbocycles. The zero-order valence-corrected chi connectivity index (χ0v) is 12.6. The van der Waals surface area contributed by atoms with Crippen molar-refractivity contribution in [2.75, 3.05) is 13.1 Å². The Kier molecular flexibility index (Phi) is 9.49. The van der Waals surface area contributed by atoms with Crippen molar-refractivity contribution in [3.05, 3.63) is 33.4 Å². The van der Waals surface area contributed by atoms with E-state index < -0.39 is 0 Å². The maximum atomic E-state index is 11.7. The van der Waals surface area contributed by atoms with Gasteiger partial charge in [-0.05, 0) is 66.2 Å². The van der Waals surface area contributed by atoms with Crippen LogP contribution in [0.3, 0.4) is 0 Å². The summed E-state index contributed by atoms with van der Waals surface area (Å²) in [4.78, 5) is 11.7. The molecule has 0 bridgehead atoms. The Morgan fingerprint density at radius 2 is 1.82 bits per heavy atom. The zero-order chi connectivity index (χ0) is 11.8. The molecule has 0 heterocycles. The van der Waals surface area contributed by atoms with Crippen molar-refractivity contribution < 1.29 is 4.79 Å². The van der Waals surface area contributed by atoms with Crippen LogP contribution >= 0.6 is 35.0 Å². The Labute approximate surface area is 122 Å². The molecule has 0 unspecified atom stereocenters. The molecule has 3 nitrogen and oxygen atoms in total. The molecule has 1 aromatic carbocycles. The predicted molar refractivity (Wildman–Crippen MR) is 81.6 cm³/mol. The lowest BCUT2D eigenvalue weighted by Crippen LogP contribution is -2.24. The highest BCUT2D eigenvalue weighted by Gasteiger charge is 2.03. The third-order valence-corrected chi connectivity index (χ3v) is 2.99. The highest BCUT2D eigenvalue weighted by molar-refractivity contribution is 14.1. The molecule has 0 fully saturated rings. The van der Waals surface area contributed by atoms with E-state index in [1.165, 1.54) is 0 Å². The number of halogens is 2. The molecule has 0 aliphatic carbocycles. The number of nitrogens with one attached hydrogen (secondary N) is 1. The summed E-state index contributed by atoms with van der Waals surface area (Å²) in [5.74, 6) is 0.00384. The molecule has 1 amide bonds. The van der Waals surface area contributed by atoms with Gasteiger partial charge in [-0.25, -0.2) is 0 Å². The van der Waals surface area contributed by atoms with Gasteiger partial charge in [-0.15, -0.1) is 12.4 Å². The van der Waals surface area contributed by atoms with Gasteiger partial charge in [-0.3, -0.25) is 4.79 Å². The minimum atomic E-state index is 0. The number of amides is 1. The van der Waals surface area contributed by atoms with Crippen LogP contribution in [0.1, 0.15) is 29.6 Å². The average Bonchev–Trinajstić information content (AvgIpc) is 2.29. The lowest BCUT2D eigenvalue weighted by molar-refractivity contribution is 0.0953. The summed E-state index contributed by atoms with van der Waals surface area (Å²) in [6.45, 7) is 1.45. The van der Waals surface area contributed by atoms with E-state index in [2.05, 4.69) is 27.9 Å².